The van der Waals surface area contributed by atoms with Crippen LogP contribution in [0.5, 0.6) is 0 Å². The zero-order valence-electron chi connectivity index (χ0n) is 11.2. The molecule has 0 unspecified atom stereocenters. The molecule has 2 aromatic heterocycles. The molecule has 0 saturated heterocycles. The van der Waals surface area contributed by atoms with Crippen molar-refractivity contribution in [3.8, 4) is 22.4 Å². The first-order valence-electron chi connectivity index (χ1n) is 6.54. The lowest BCUT2D eigenvalue weighted by atomic mass is 10.0. The number of aromatic nitrogens is 2. The fourth-order valence-corrected chi connectivity index (χ4v) is 2.19. The number of anilines is 1. The molecule has 0 fully saturated rings. The number of nitrogen functional groups attached to an aromatic ring is 1. The minimum Gasteiger partial charge on any atom is -0.367 e. The maximum atomic E-state index is 5.91. The summed E-state index contributed by atoms with van der Waals surface area (Å²) >= 11 is 0. The number of nitrogens with two attached hydrogens (primary N) is 1. The summed E-state index contributed by atoms with van der Waals surface area (Å²) < 4.78 is 5.16. The lowest BCUT2D eigenvalue weighted by Gasteiger charge is -2.03. The van der Waals surface area contributed by atoms with Crippen molar-refractivity contribution in [2.24, 2.45) is 0 Å². The topological polar surface area (TPSA) is 64.9 Å². The minimum absolute atomic E-state index is 0.313. The van der Waals surface area contributed by atoms with Gasteiger partial charge in [0.05, 0.1) is 5.56 Å². The quantitative estimate of drug-likeness (QED) is 0.786. The van der Waals surface area contributed by atoms with Crippen molar-refractivity contribution in [3.05, 3.63) is 54.4 Å². The monoisotopic (exact) mass is 265 g/mol. The Morgan fingerprint density at radius 3 is 2.55 bits per heavy atom. The molecular formula is C16H15N3O. The number of rotatable bonds is 3. The third-order valence-corrected chi connectivity index (χ3v) is 3.30. The van der Waals surface area contributed by atoms with E-state index in [1.165, 1.54) is 5.56 Å². The average Bonchev–Trinajstić information content (AvgIpc) is 2.90. The van der Waals surface area contributed by atoms with E-state index < -0.39 is 0 Å². The summed E-state index contributed by atoms with van der Waals surface area (Å²) in [7, 11) is 0. The third-order valence-electron chi connectivity index (χ3n) is 3.30. The van der Waals surface area contributed by atoms with Gasteiger partial charge in [0, 0.05) is 23.5 Å². The van der Waals surface area contributed by atoms with Gasteiger partial charge in [-0.3, -0.25) is 4.98 Å². The van der Waals surface area contributed by atoms with E-state index in [0.29, 0.717) is 5.88 Å². The van der Waals surface area contributed by atoms with Gasteiger partial charge in [-0.05, 0) is 18.1 Å². The maximum Gasteiger partial charge on any atom is 0.230 e. The molecule has 0 amide bonds. The van der Waals surface area contributed by atoms with Crippen LogP contribution >= 0.6 is 0 Å². The van der Waals surface area contributed by atoms with E-state index in [1.54, 1.807) is 12.4 Å². The van der Waals surface area contributed by atoms with E-state index in [2.05, 4.69) is 29.2 Å². The molecule has 1 aromatic carbocycles. The van der Waals surface area contributed by atoms with Crippen molar-refractivity contribution in [3.63, 3.8) is 0 Å². The molecule has 0 radical (unpaired) electrons. The smallest absolute Gasteiger partial charge is 0.230 e. The van der Waals surface area contributed by atoms with Crippen molar-refractivity contribution in [1.82, 2.24) is 10.1 Å². The van der Waals surface area contributed by atoms with Gasteiger partial charge < -0.3 is 10.3 Å². The number of nitrogens with zero attached hydrogens (tertiary/aromatic N) is 2. The first-order valence-corrected chi connectivity index (χ1v) is 6.54. The zero-order chi connectivity index (χ0) is 13.9. The van der Waals surface area contributed by atoms with Crippen LogP contribution < -0.4 is 5.73 Å². The van der Waals surface area contributed by atoms with Crippen molar-refractivity contribution in [2.45, 2.75) is 13.3 Å². The maximum absolute atomic E-state index is 5.91. The Labute approximate surface area is 117 Å². The highest BCUT2D eigenvalue weighted by Gasteiger charge is 2.17. The highest BCUT2D eigenvalue weighted by molar-refractivity contribution is 5.86. The average molecular weight is 265 g/mol. The van der Waals surface area contributed by atoms with Crippen LogP contribution in [0, 0.1) is 0 Å². The van der Waals surface area contributed by atoms with Gasteiger partial charge in [-0.2, -0.15) is 0 Å². The molecule has 0 bridgehead atoms. The van der Waals surface area contributed by atoms with Gasteiger partial charge in [0.1, 0.15) is 5.69 Å². The highest BCUT2D eigenvalue weighted by atomic mass is 16.5. The molecule has 0 spiro atoms. The predicted octanol–water partition coefficient (Wildman–Crippen LogP) is 3.55. The SMILES string of the molecule is CCc1ccc(-c2noc(N)c2-c2cccnc2)cc1. The number of aryl methyl sites for hydroxylation is 1. The van der Waals surface area contributed by atoms with Gasteiger partial charge in [-0.15, -0.1) is 0 Å². The van der Waals surface area contributed by atoms with Crippen LogP contribution in [0.2, 0.25) is 0 Å². The largest absolute Gasteiger partial charge is 0.367 e. The van der Waals surface area contributed by atoms with Crippen LogP contribution in [0.4, 0.5) is 5.88 Å². The first kappa shape index (κ1) is 12.4. The molecule has 4 heteroatoms. The molecular weight excluding hydrogens is 250 g/mol. The fraction of sp³-hybridized carbons (Fsp3) is 0.125. The van der Waals surface area contributed by atoms with E-state index in [9.17, 15) is 0 Å². The number of benzene rings is 1. The number of hydrogen-bond donors (Lipinski definition) is 1. The van der Waals surface area contributed by atoms with Crippen molar-refractivity contribution < 1.29 is 4.52 Å². The van der Waals surface area contributed by atoms with Gasteiger partial charge >= 0.3 is 0 Å². The Morgan fingerprint density at radius 2 is 1.90 bits per heavy atom. The number of hydrogen-bond acceptors (Lipinski definition) is 4. The Balaban J connectivity index is 2.11. The molecule has 2 N–H and O–H groups in total. The van der Waals surface area contributed by atoms with E-state index in [4.69, 9.17) is 10.3 Å². The van der Waals surface area contributed by atoms with Crippen molar-refractivity contribution in [2.75, 3.05) is 5.73 Å². The van der Waals surface area contributed by atoms with Crippen LogP contribution in [0.3, 0.4) is 0 Å². The second-order valence-electron chi connectivity index (χ2n) is 4.56. The van der Waals surface area contributed by atoms with Gasteiger partial charge in [0.2, 0.25) is 5.88 Å². The summed E-state index contributed by atoms with van der Waals surface area (Å²) in [6.07, 6.45) is 4.49. The van der Waals surface area contributed by atoms with Crippen molar-refractivity contribution >= 4 is 5.88 Å². The summed E-state index contributed by atoms with van der Waals surface area (Å²) in [6.45, 7) is 2.13. The molecule has 4 nitrogen and oxygen atoms in total. The molecule has 0 atom stereocenters. The Morgan fingerprint density at radius 1 is 1.10 bits per heavy atom. The highest BCUT2D eigenvalue weighted by Crippen LogP contribution is 2.35. The Bertz CT molecular complexity index is 702. The second-order valence-corrected chi connectivity index (χ2v) is 4.56. The van der Waals surface area contributed by atoms with E-state index >= 15 is 0 Å². The van der Waals surface area contributed by atoms with Crippen LogP contribution in [-0.4, -0.2) is 10.1 Å². The summed E-state index contributed by atoms with van der Waals surface area (Å²) in [5.41, 5.74) is 10.6. The summed E-state index contributed by atoms with van der Waals surface area (Å²) in [5, 5.41) is 4.09. The minimum atomic E-state index is 0.313. The lowest BCUT2D eigenvalue weighted by molar-refractivity contribution is 0.439. The molecule has 0 saturated carbocycles. The first-order chi connectivity index (χ1) is 9.79. The molecule has 0 aliphatic carbocycles. The van der Waals surface area contributed by atoms with Crippen LogP contribution in [0.25, 0.3) is 22.4 Å². The summed E-state index contributed by atoms with van der Waals surface area (Å²) in [4.78, 5) is 4.12. The van der Waals surface area contributed by atoms with Gasteiger partial charge in [0.15, 0.2) is 0 Å². The molecule has 3 rings (SSSR count). The second kappa shape index (κ2) is 5.17. The van der Waals surface area contributed by atoms with Gasteiger partial charge in [-0.1, -0.05) is 42.4 Å². The molecule has 3 aromatic rings. The van der Waals surface area contributed by atoms with E-state index in [1.807, 2.05) is 24.3 Å². The summed E-state index contributed by atoms with van der Waals surface area (Å²) in [6, 6.07) is 12.1. The fourth-order valence-electron chi connectivity index (χ4n) is 2.19. The van der Waals surface area contributed by atoms with Crippen LogP contribution in [0.15, 0.2) is 53.3 Å². The van der Waals surface area contributed by atoms with Gasteiger partial charge in [-0.25, -0.2) is 0 Å². The van der Waals surface area contributed by atoms with Gasteiger partial charge in [0.25, 0.3) is 0 Å². The molecule has 0 aliphatic rings. The van der Waals surface area contributed by atoms with Crippen LogP contribution in [-0.2, 0) is 6.42 Å². The van der Waals surface area contributed by atoms with E-state index in [0.717, 1.165) is 28.8 Å². The molecule has 2 heterocycles. The number of pyridine rings is 1. The standard InChI is InChI=1S/C16H15N3O/c1-2-11-5-7-12(8-6-11)15-14(16(17)20-19-15)13-4-3-9-18-10-13/h3-10H,2,17H2,1H3. The zero-order valence-corrected chi connectivity index (χ0v) is 11.2. The van der Waals surface area contributed by atoms with E-state index in [-0.39, 0.29) is 0 Å². The van der Waals surface area contributed by atoms with Crippen LogP contribution in [0.1, 0.15) is 12.5 Å². The predicted molar refractivity (Wildman–Crippen MR) is 79.0 cm³/mol. The third kappa shape index (κ3) is 2.16. The summed E-state index contributed by atoms with van der Waals surface area (Å²) in [5.74, 6) is 0.313. The normalized spacial score (nSPS) is 10.7. The Hall–Kier alpha value is -2.62. The van der Waals surface area contributed by atoms with Crippen molar-refractivity contribution in [1.29, 1.82) is 0 Å². The molecule has 100 valence electrons. The lowest BCUT2D eigenvalue weighted by Crippen LogP contribution is -1.88. The Kier molecular flexibility index (Phi) is 3.21. The molecule has 20 heavy (non-hydrogen) atoms. The molecule has 0 aliphatic heterocycles.